The highest BCUT2D eigenvalue weighted by atomic mass is 16.1. The summed E-state index contributed by atoms with van der Waals surface area (Å²) in [7, 11) is 0. The van der Waals surface area contributed by atoms with Crippen molar-refractivity contribution in [1.82, 2.24) is 4.98 Å². The summed E-state index contributed by atoms with van der Waals surface area (Å²) in [5.41, 5.74) is 4.16. The van der Waals surface area contributed by atoms with Gasteiger partial charge < -0.3 is 4.98 Å². The minimum Gasteiger partial charge on any atom is -0.361 e. The quantitative estimate of drug-likeness (QED) is 0.668. The van der Waals surface area contributed by atoms with E-state index in [0.717, 1.165) is 22.2 Å². The van der Waals surface area contributed by atoms with Gasteiger partial charge in [0.1, 0.15) is 0 Å². The average Bonchev–Trinajstić information content (AvgIpc) is 2.87. The highest BCUT2D eigenvalue weighted by Crippen LogP contribution is 2.27. The van der Waals surface area contributed by atoms with Crippen LogP contribution in [0.1, 0.15) is 17.3 Å². The highest BCUT2D eigenvalue weighted by Gasteiger charge is 2.05. The third-order valence-electron chi connectivity index (χ3n) is 3.19. The van der Waals surface area contributed by atoms with Crippen molar-refractivity contribution in [2.24, 2.45) is 0 Å². The molecule has 3 rings (SSSR count). The van der Waals surface area contributed by atoms with E-state index in [1.54, 1.807) is 6.92 Å². The number of hydrogen-bond donors (Lipinski definition) is 1. The Morgan fingerprint density at radius 3 is 2.50 bits per heavy atom. The number of carbonyl (C=O) groups is 1. The van der Waals surface area contributed by atoms with Crippen LogP contribution in [0.3, 0.4) is 0 Å². The van der Waals surface area contributed by atoms with Crippen LogP contribution < -0.4 is 0 Å². The van der Waals surface area contributed by atoms with Gasteiger partial charge in [-0.05, 0) is 23.9 Å². The molecule has 2 heteroatoms. The largest absolute Gasteiger partial charge is 0.361 e. The first kappa shape index (κ1) is 10.8. The van der Waals surface area contributed by atoms with Gasteiger partial charge in [0, 0.05) is 17.3 Å². The SMILES string of the molecule is CC(=O)c1ccc(-c2cccc3cc[nH]c23)cc1. The van der Waals surface area contributed by atoms with E-state index >= 15 is 0 Å². The first-order chi connectivity index (χ1) is 8.75. The predicted octanol–water partition coefficient (Wildman–Crippen LogP) is 4.04. The summed E-state index contributed by atoms with van der Waals surface area (Å²) in [5.74, 6) is 0.0969. The van der Waals surface area contributed by atoms with E-state index in [4.69, 9.17) is 0 Å². The molecule has 2 nitrogen and oxygen atoms in total. The number of para-hydroxylation sites is 1. The first-order valence-electron chi connectivity index (χ1n) is 5.93. The number of nitrogens with one attached hydrogen (secondary N) is 1. The Bertz CT molecular complexity index is 707. The Hall–Kier alpha value is -2.35. The average molecular weight is 235 g/mol. The van der Waals surface area contributed by atoms with Crippen molar-refractivity contribution in [2.45, 2.75) is 6.92 Å². The van der Waals surface area contributed by atoms with Gasteiger partial charge in [-0.1, -0.05) is 42.5 Å². The van der Waals surface area contributed by atoms with Crippen molar-refractivity contribution in [3.05, 3.63) is 60.3 Å². The summed E-state index contributed by atoms with van der Waals surface area (Å²) >= 11 is 0. The molecule has 0 amide bonds. The Labute approximate surface area is 105 Å². The molecule has 0 aliphatic heterocycles. The molecule has 1 heterocycles. The molecule has 0 saturated heterocycles. The molecular formula is C16H13NO. The van der Waals surface area contributed by atoms with Crippen LogP contribution in [0.2, 0.25) is 0 Å². The van der Waals surface area contributed by atoms with Crippen LogP contribution in [-0.2, 0) is 0 Å². The summed E-state index contributed by atoms with van der Waals surface area (Å²) in [6.07, 6.45) is 1.94. The fraction of sp³-hybridized carbons (Fsp3) is 0.0625. The predicted molar refractivity (Wildman–Crippen MR) is 73.7 cm³/mol. The van der Waals surface area contributed by atoms with Crippen LogP contribution in [-0.4, -0.2) is 10.8 Å². The summed E-state index contributed by atoms with van der Waals surface area (Å²) < 4.78 is 0. The number of benzene rings is 2. The van der Waals surface area contributed by atoms with E-state index in [1.807, 2.05) is 36.5 Å². The maximum atomic E-state index is 11.3. The van der Waals surface area contributed by atoms with Gasteiger partial charge >= 0.3 is 0 Å². The molecule has 0 radical (unpaired) electrons. The molecule has 0 aliphatic carbocycles. The number of Topliss-reactive ketones (excluding diaryl/α,β-unsaturated/α-hetero) is 1. The Balaban J connectivity index is 2.14. The smallest absolute Gasteiger partial charge is 0.159 e. The summed E-state index contributed by atoms with van der Waals surface area (Å²) in [5, 5.41) is 1.20. The number of aromatic nitrogens is 1. The van der Waals surface area contributed by atoms with Crippen molar-refractivity contribution >= 4 is 16.7 Å². The molecule has 3 aromatic rings. The minimum atomic E-state index is 0.0969. The number of rotatable bonds is 2. The van der Waals surface area contributed by atoms with E-state index < -0.39 is 0 Å². The van der Waals surface area contributed by atoms with Gasteiger partial charge in [0.25, 0.3) is 0 Å². The fourth-order valence-electron chi connectivity index (χ4n) is 2.21. The molecule has 0 saturated carbocycles. The zero-order valence-electron chi connectivity index (χ0n) is 10.1. The molecule has 1 N–H and O–H groups in total. The summed E-state index contributed by atoms with van der Waals surface area (Å²) in [4.78, 5) is 14.5. The topological polar surface area (TPSA) is 32.9 Å². The third-order valence-corrected chi connectivity index (χ3v) is 3.19. The molecule has 0 aliphatic rings. The van der Waals surface area contributed by atoms with E-state index in [2.05, 4.69) is 23.2 Å². The van der Waals surface area contributed by atoms with Crippen molar-refractivity contribution in [3.8, 4) is 11.1 Å². The molecule has 18 heavy (non-hydrogen) atoms. The Morgan fingerprint density at radius 2 is 1.78 bits per heavy atom. The van der Waals surface area contributed by atoms with E-state index in [-0.39, 0.29) is 5.78 Å². The number of carbonyl (C=O) groups excluding carboxylic acids is 1. The Kier molecular flexibility index (Phi) is 2.49. The van der Waals surface area contributed by atoms with Crippen molar-refractivity contribution in [1.29, 1.82) is 0 Å². The third kappa shape index (κ3) is 1.72. The second kappa shape index (κ2) is 4.15. The van der Waals surface area contributed by atoms with Gasteiger partial charge in [-0.15, -0.1) is 0 Å². The van der Waals surface area contributed by atoms with Gasteiger partial charge in [0.15, 0.2) is 5.78 Å². The van der Waals surface area contributed by atoms with E-state index in [0.29, 0.717) is 0 Å². The lowest BCUT2D eigenvalue weighted by Gasteiger charge is -2.04. The second-order valence-electron chi connectivity index (χ2n) is 4.38. The van der Waals surface area contributed by atoms with Crippen LogP contribution in [0.5, 0.6) is 0 Å². The number of aromatic amines is 1. The van der Waals surface area contributed by atoms with Crippen LogP contribution in [0.4, 0.5) is 0 Å². The zero-order chi connectivity index (χ0) is 12.5. The lowest BCUT2D eigenvalue weighted by atomic mass is 10.0. The number of fused-ring (bicyclic) bond motifs is 1. The van der Waals surface area contributed by atoms with Crippen LogP contribution in [0.25, 0.3) is 22.0 Å². The number of H-pyrrole nitrogens is 1. The monoisotopic (exact) mass is 235 g/mol. The molecule has 1 aromatic heterocycles. The molecule has 0 atom stereocenters. The highest BCUT2D eigenvalue weighted by molar-refractivity contribution is 5.96. The zero-order valence-corrected chi connectivity index (χ0v) is 10.1. The maximum Gasteiger partial charge on any atom is 0.159 e. The standard InChI is InChI=1S/C16H13NO/c1-11(18)12-5-7-13(8-6-12)15-4-2-3-14-9-10-17-16(14)15/h2-10,17H,1H3. The Morgan fingerprint density at radius 1 is 1.00 bits per heavy atom. The van der Waals surface area contributed by atoms with Gasteiger partial charge in [-0.3, -0.25) is 4.79 Å². The van der Waals surface area contributed by atoms with Crippen LogP contribution in [0, 0.1) is 0 Å². The van der Waals surface area contributed by atoms with E-state index in [9.17, 15) is 4.79 Å². The molecule has 88 valence electrons. The van der Waals surface area contributed by atoms with Gasteiger partial charge in [0.05, 0.1) is 5.52 Å². The molecule has 0 spiro atoms. The summed E-state index contributed by atoms with van der Waals surface area (Å²) in [6, 6.07) is 16.0. The second-order valence-corrected chi connectivity index (χ2v) is 4.38. The molecular weight excluding hydrogens is 222 g/mol. The first-order valence-corrected chi connectivity index (χ1v) is 5.93. The fourth-order valence-corrected chi connectivity index (χ4v) is 2.21. The van der Waals surface area contributed by atoms with Crippen molar-refractivity contribution < 1.29 is 4.79 Å². The van der Waals surface area contributed by atoms with Gasteiger partial charge in [-0.2, -0.15) is 0 Å². The number of ketones is 1. The van der Waals surface area contributed by atoms with Crippen LogP contribution in [0.15, 0.2) is 54.7 Å². The molecule has 0 unspecified atom stereocenters. The van der Waals surface area contributed by atoms with Gasteiger partial charge in [-0.25, -0.2) is 0 Å². The van der Waals surface area contributed by atoms with Crippen molar-refractivity contribution in [2.75, 3.05) is 0 Å². The lowest BCUT2D eigenvalue weighted by molar-refractivity contribution is 0.101. The van der Waals surface area contributed by atoms with Crippen molar-refractivity contribution in [3.63, 3.8) is 0 Å². The maximum absolute atomic E-state index is 11.3. The number of hydrogen-bond acceptors (Lipinski definition) is 1. The van der Waals surface area contributed by atoms with Crippen LogP contribution >= 0.6 is 0 Å². The molecule has 0 bridgehead atoms. The lowest BCUT2D eigenvalue weighted by Crippen LogP contribution is -1.91. The molecule has 2 aromatic carbocycles. The molecule has 0 fully saturated rings. The van der Waals surface area contributed by atoms with Gasteiger partial charge in [0.2, 0.25) is 0 Å². The summed E-state index contributed by atoms with van der Waals surface area (Å²) in [6.45, 7) is 1.58. The van der Waals surface area contributed by atoms with E-state index in [1.165, 1.54) is 5.39 Å². The minimum absolute atomic E-state index is 0.0969. The normalized spacial score (nSPS) is 10.7.